The lowest BCUT2D eigenvalue weighted by Gasteiger charge is -2.33. The van der Waals surface area contributed by atoms with Gasteiger partial charge in [0.2, 0.25) is 10.0 Å². The van der Waals surface area contributed by atoms with Gasteiger partial charge in [-0.25, -0.2) is 8.42 Å². The lowest BCUT2D eigenvalue weighted by Crippen LogP contribution is -2.50. The zero-order valence-corrected chi connectivity index (χ0v) is 20.3. The SMILES string of the molecule is Cc1ccccc1CS(=O)(=O)N1CCN(CC(=O)c2cc(C)n(-c3ccccc3)c2C)CC1. The van der Waals surface area contributed by atoms with Crippen molar-refractivity contribution in [3.05, 3.63) is 88.7 Å². The van der Waals surface area contributed by atoms with E-state index in [-0.39, 0.29) is 11.5 Å². The van der Waals surface area contributed by atoms with E-state index in [4.69, 9.17) is 0 Å². The summed E-state index contributed by atoms with van der Waals surface area (Å²) in [5.41, 5.74) is 5.55. The van der Waals surface area contributed by atoms with Gasteiger partial charge >= 0.3 is 0 Å². The third-order valence-corrected chi connectivity index (χ3v) is 8.26. The maximum Gasteiger partial charge on any atom is 0.218 e. The first-order valence-electron chi connectivity index (χ1n) is 11.3. The molecule has 0 unspecified atom stereocenters. The van der Waals surface area contributed by atoms with Crippen LogP contribution in [-0.4, -0.2) is 60.7 Å². The maximum atomic E-state index is 13.1. The summed E-state index contributed by atoms with van der Waals surface area (Å²) in [6.45, 7) is 8.13. The number of rotatable bonds is 7. The van der Waals surface area contributed by atoms with Gasteiger partial charge in [0.1, 0.15) is 0 Å². The molecule has 2 heterocycles. The van der Waals surface area contributed by atoms with Crippen molar-refractivity contribution in [2.24, 2.45) is 0 Å². The number of ketones is 1. The van der Waals surface area contributed by atoms with Crippen molar-refractivity contribution in [1.82, 2.24) is 13.8 Å². The Bertz CT molecular complexity index is 1240. The number of hydrogen-bond acceptors (Lipinski definition) is 4. The average Bonchev–Trinajstić information content (AvgIpc) is 3.10. The molecule has 0 radical (unpaired) electrons. The van der Waals surface area contributed by atoms with Gasteiger partial charge in [-0.2, -0.15) is 4.31 Å². The molecule has 33 heavy (non-hydrogen) atoms. The molecule has 1 saturated heterocycles. The minimum Gasteiger partial charge on any atom is -0.318 e. The van der Waals surface area contributed by atoms with Gasteiger partial charge in [0.15, 0.2) is 5.78 Å². The van der Waals surface area contributed by atoms with Crippen LogP contribution in [0.5, 0.6) is 0 Å². The summed E-state index contributed by atoms with van der Waals surface area (Å²) in [5.74, 6) is 0.0888. The van der Waals surface area contributed by atoms with Crippen molar-refractivity contribution >= 4 is 15.8 Å². The number of nitrogens with zero attached hydrogens (tertiary/aromatic N) is 3. The normalized spacial score (nSPS) is 15.6. The molecule has 0 spiro atoms. The van der Waals surface area contributed by atoms with Crippen LogP contribution in [0, 0.1) is 20.8 Å². The zero-order valence-electron chi connectivity index (χ0n) is 19.5. The third kappa shape index (κ3) is 5.11. The number of para-hydroxylation sites is 1. The number of hydrogen-bond donors (Lipinski definition) is 0. The number of sulfonamides is 1. The molecule has 6 nitrogen and oxygen atoms in total. The lowest BCUT2D eigenvalue weighted by molar-refractivity contribution is 0.0901. The number of piperazine rings is 1. The second kappa shape index (κ2) is 9.63. The number of aromatic nitrogens is 1. The first-order chi connectivity index (χ1) is 15.8. The quantitative estimate of drug-likeness (QED) is 0.499. The fourth-order valence-corrected chi connectivity index (χ4v) is 6.15. The third-order valence-electron chi connectivity index (χ3n) is 6.44. The molecule has 0 bridgehead atoms. The standard InChI is InChI=1S/C26H31N3O3S/c1-20-9-7-8-10-23(20)19-33(31,32)28-15-13-27(14-16-28)18-26(30)25-17-21(2)29(22(25)3)24-11-5-4-6-12-24/h4-12,17H,13-16,18-19H2,1-3H3. The number of carbonyl (C=O) groups is 1. The van der Waals surface area contributed by atoms with Crippen molar-refractivity contribution in [2.45, 2.75) is 26.5 Å². The summed E-state index contributed by atoms with van der Waals surface area (Å²) in [6.07, 6.45) is 0. The molecule has 0 aliphatic carbocycles. The van der Waals surface area contributed by atoms with Crippen molar-refractivity contribution < 1.29 is 13.2 Å². The second-order valence-corrected chi connectivity index (χ2v) is 10.7. The maximum absolute atomic E-state index is 13.1. The van der Waals surface area contributed by atoms with E-state index in [2.05, 4.69) is 9.47 Å². The van der Waals surface area contributed by atoms with Crippen LogP contribution < -0.4 is 0 Å². The largest absolute Gasteiger partial charge is 0.318 e. The average molecular weight is 466 g/mol. The van der Waals surface area contributed by atoms with Crippen molar-refractivity contribution in [2.75, 3.05) is 32.7 Å². The molecular formula is C26H31N3O3S. The van der Waals surface area contributed by atoms with Gasteiger partial charge in [-0.3, -0.25) is 9.69 Å². The number of benzene rings is 2. The lowest BCUT2D eigenvalue weighted by atomic mass is 10.1. The van der Waals surface area contributed by atoms with E-state index in [0.717, 1.165) is 33.8 Å². The minimum atomic E-state index is -3.38. The molecule has 3 aromatic rings. The Morgan fingerprint density at radius 1 is 0.879 bits per heavy atom. The molecule has 1 aromatic heterocycles. The molecule has 174 valence electrons. The molecule has 1 aliphatic rings. The van der Waals surface area contributed by atoms with Crippen LogP contribution in [0.25, 0.3) is 5.69 Å². The van der Waals surface area contributed by atoms with Crippen LogP contribution in [0.2, 0.25) is 0 Å². The Kier molecular flexibility index (Phi) is 6.83. The fourth-order valence-electron chi connectivity index (χ4n) is 4.53. The molecule has 2 aromatic carbocycles. The number of Topliss-reactive ketones (excluding diaryl/α,β-unsaturated/α-hetero) is 1. The Morgan fingerprint density at radius 2 is 1.52 bits per heavy atom. The van der Waals surface area contributed by atoms with Gasteiger partial charge in [0.25, 0.3) is 0 Å². The molecule has 1 aliphatic heterocycles. The van der Waals surface area contributed by atoms with Gasteiger partial charge < -0.3 is 4.57 Å². The number of aryl methyl sites for hydroxylation is 2. The summed E-state index contributed by atoms with van der Waals surface area (Å²) in [5, 5.41) is 0. The van der Waals surface area contributed by atoms with E-state index in [9.17, 15) is 13.2 Å². The van der Waals surface area contributed by atoms with Gasteiger partial charge in [-0.1, -0.05) is 42.5 Å². The zero-order chi connectivity index (χ0) is 23.6. The molecule has 0 amide bonds. The highest BCUT2D eigenvalue weighted by atomic mass is 32.2. The Hall–Kier alpha value is -2.74. The molecule has 1 fully saturated rings. The monoisotopic (exact) mass is 465 g/mol. The Labute approximate surface area is 196 Å². The number of carbonyl (C=O) groups excluding carboxylic acids is 1. The summed E-state index contributed by atoms with van der Waals surface area (Å²) in [7, 11) is -3.38. The van der Waals surface area contributed by atoms with E-state index in [1.165, 1.54) is 0 Å². The van der Waals surface area contributed by atoms with Crippen molar-refractivity contribution in [3.63, 3.8) is 0 Å². The van der Waals surface area contributed by atoms with Crippen LogP contribution >= 0.6 is 0 Å². The Balaban J connectivity index is 1.39. The summed E-state index contributed by atoms with van der Waals surface area (Å²) in [6, 6.07) is 19.6. The molecule has 7 heteroatoms. The molecule has 0 atom stereocenters. The summed E-state index contributed by atoms with van der Waals surface area (Å²) >= 11 is 0. The fraction of sp³-hybridized carbons (Fsp3) is 0.346. The Morgan fingerprint density at radius 3 is 2.18 bits per heavy atom. The molecule has 0 N–H and O–H groups in total. The van der Waals surface area contributed by atoms with Crippen LogP contribution in [0.15, 0.2) is 60.7 Å². The minimum absolute atomic E-state index is 0.0179. The predicted molar refractivity (Wildman–Crippen MR) is 131 cm³/mol. The van der Waals surface area contributed by atoms with E-state index in [1.807, 2.05) is 81.4 Å². The van der Waals surface area contributed by atoms with E-state index >= 15 is 0 Å². The van der Waals surface area contributed by atoms with Gasteiger partial charge in [-0.05, 0) is 50.1 Å². The summed E-state index contributed by atoms with van der Waals surface area (Å²) < 4.78 is 29.5. The van der Waals surface area contributed by atoms with E-state index < -0.39 is 10.0 Å². The van der Waals surface area contributed by atoms with E-state index in [1.54, 1.807) is 4.31 Å². The van der Waals surface area contributed by atoms with Crippen LogP contribution in [0.1, 0.15) is 32.9 Å². The van der Waals surface area contributed by atoms with Gasteiger partial charge in [0, 0.05) is 48.8 Å². The highest BCUT2D eigenvalue weighted by molar-refractivity contribution is 7.88. The summed E-state index contributed by atoms with van der Waals surface area (Å²) in [4.78, 5) is 15.2. The second-order valence-electron chi connectivity index (χ2n) is 8.74. The molecule has 4 rings (SSSR count). The van der Waals surface area contributed by atoms with Gasteiger partial charge in [0.05, 0.1) is 12.3 Å². The predicted octanol–water partition coefficient (Wildman–Crippen LogP) is 3.73. The smallest absolute Gasteiger partial charge is 0.218 e. The van der Waals surface area contributed by atoms with Crippen molar-refractivity contribution in [3.8, 4) is 5.69 Å². The van der Waals surface area contributed by atoms with Crippen LogP contribution in [-0.2, 0) is 15.8 Å². The van der Waals surface area contributed by atoms with Crippen molar-refractivity contribution in [1.29, 1.82) is 0 Å². The first kappa shape index (κ1) is 23.4. The first-order valence-corrected chi connectivity index (χ1v) is 12.9. The van der Waals surface area contributed by atoms with Gasteiger partial charge in [-0.15, -0.1) is 0 Å². The molecular weight excluding hydrogens is 434 g/mol. The highest BCUT2D eigenvalue weighted by Gasteiger charge is 2.29. The topological polar surface area (TPSA) is 62.6 Å². The molecule has 0 saturated carbocycles. The van der Waals surface area contributed by atoms with Crippen LogP contribution in [0.4, 0.5) is 0 Å². The van der Waals surface area contributed by atoms with Crippen LogP contribution in [0.3, 0.4) is 0 Å². The van der Waals surface area contributed by atoms with E-state index in [0.29, 0.717) is 32.7 Å². The highest BCUT2D eigenvalue weighted by Crippen LogP contribution is 2.22.